The van der Waals surface area contributed by atoms with Gasteiger partial charge in [0.05, 0.1) is 12.9 Å². The van der Waals surface area contributed by atoms with E-state index < -0.39 is 5.56 Å². The van der Waals surface area contributed by atoms with Gasteiger partial charge in [0.1, 0.15) is 17.5 Å². The SMILES string of the molecule is O=c1[nH]c(-c2ccc(F)cc2)nc2ncn(Cc3ccccc3F)c12. The maximum absolute atomic E-state index is 13.8. The normalized spacial score (nSPS) is 11.1. The number of hydrogen-bond acceptors (Lipinski definition) is 3. The van der Waals surface area contributed by atoms with E-state index in [-0.39, 0.29) is 29.3 Å². The third kappa shape index (κ3) is 2.80. The third-order valence-electron chi connectivity index (χ3n) is 3.90. The highest BCUT2D eigenvalue weighted by Crippen LogP contribution is 2.17. The van der Waals surface area contributed by atoms with Crippen LogP contribution >= 0.6 is 0 Å². The summed E-state index contributed by atoms with van der Waals surface area (Å²) < 4.78 is 28.4. The van der Waals surface area contributed by atoms with Gasteiger partial charge in [-0.1, -0.05) is 18.2 Å². The Balaban J connectivity index is 1.78. The van der Waals surface area contributed by atoms with Crippen LogP contribution in [0.1, 0.15) is 5.56 Å². The number of nitrogens with zero attached hydrogens (tertiary/aromatic N) is 3. The summed E-state index contributed by atoms with van der Waals surface area (Å²) in [6, 6.07) is 12.0. The zero-order chi connectivity index (χ0) is 17.4. The highest BCUT2D eigenvalue weighted by Gasteiger charge is 2.13. The van der Waals surface area contributed by atoms with E-state index in [1.54, 1.807) is 22.8 Å². The minimum absolute atomic E-state index is 0.170. The van der Waals surface area contributed by atoms with Crippen molar-refractivity contribution in [1.29, 1.82) is 0 Å². The van der Waals surface area contributed by atoms with Crippen LogP contribution in [0.15, 0.2) is 59.7 Å². The first-order chi connectivity index (χ1) is 12.1. The number of H-pyrrole nitrogens is 1. The molecule has 2 aromatic carbocycles. The first-order valence-electron chi connectivity index (χ1n) is 7.56. The van der Waals surface area contributed by atoms with Gasteiger partial charge in [0.25, 0.3) is 5.56 Å². The van der Waals surface area contributed by atoms with E-state index in [1.165, 1.54) is 36.7 Å². The van der Waals surface area contributed by atoms with Crippen LogP contribution in [0.4, 0.5) is 8.78 Å². The van der Waals surface area contributed by atoms with E-state index in [9.17, 15) is 13.6 Å². The van der Waals surface area contributed by atoms with Crippen LogP contribution in [0.25, 0.3) is 22.6 Å². The number of aromatic nitrogens is 4. The maximum atomic E-state index is 13.8. The number of benzene rings is 2. The Labute approximate surface area is 140 Å². The van der Waals surface area contributed by atoms with E-state index in [4.69, 9.17) is 0 Å². The predicted octanol–water partition coefficient (Wildman–Crippen LogP) is 3.11. The van der Waals surface area contributed by atoms with Crippen molar-refractivity contribution >= 4 is 11.2 Å². The van der Waals surface area contributed by atoms with Crippen LogP contribution < -0.4 is 5.56 Å². The van der Waals surface area contributed by atoms with Crippen molar-refractivity contribution < 1.29 is 8.78 Å². The molecule has 0 radical (unpaired) electrons. The topological polar surface area (TPSA) is 63.6 Å². The second-order valence-electron chi connectivity index (χ2n) is 5.56. The monoisotopic (exact) mass is 338 g/mol. The van der Waals surface area contributed by atoms with Crippen molar-refractivity contribution in [2.24, 2.45) is 0 Å². The molecule has 4 rings (SSSR count). The fourth-order valence-corrected chi connectivity index (χ4v) is 2.66. The first kappa shape index (κ1) is 15.2. The molecule has 0 fully saturated rings. The number of rotatable bonds is 3. The number of hydrogen-bond donors (Lipinski definition) is 1. The molecule has 0 saturated heterocycles. The van der Waals surface area contributed by atoms with Crippen molar-refractivity contribution in [1.82, 2.24) is 19.5 Å². The molecule has 0 atom stereocenters. The predicted molar refractivity (Wildman–Crippen MR) is 89.0 cm³/mol. The first-order valence-corrected chi connectivity index (χ1v) is 7.56. The molecule has 0 aliphatic rings. The van der Waals surface area contributed by atoms with Gasteiger partial charge in [-0.25, -0.2) is 18.7 Å². The Morgan fingerprint density at radius 1 is 1.04 bits per heavy atom. The molecule has 5 nitrogen and oxygen atoms in total. The molecule has 0 aliphatic carbocycles. The summed E-state index contributed by atoms with van der Waals surface area (Å²) in [5, 5.41) is 0. The Kier molecular flexibility index (Phi) is 3.61. The lowest BCUT2D eigenvalue weighted by Crippen LogP contribution is -2.14. The lowest BCUT2D eigenvalue weighted by molar-refractivity contribution is 0.601. The minimum Gasteiger partial charge on any atom is -0.320 e. The summed E-state index contributed by atoms with van der Waals surface area (Å²) in [4.78, 5) is 23.6. The second kappa shape index (κ2) is 5.94. The number of halogens is 2. The van der Waals surface area contributed by atoms with Crippen molar-refractivity contribution in [3.63, 3.8) is 0 Å². The van der Waals surface area contributed by atoms with Gasteiger partial charge >= 0.3 is 0 Å². The van der Waals surface area contributed by atoms with Gasteiger partial charge in [-0.15, -0.1) is 0 Å². The summed E-state index contributed by atoms with van der Waals surface area (Å²) in [7, 11) is 0. The number of fused-ring (bicyclic) bond motifs is 1. The smallest absolute Gasteiger partial charge is 0.277 e. The van der Waals surface area contributed by atoms with Crippen LogP contribution in [-0.4, -0.2) is 19.5 Å². The molecule has 7 heteroatoms. The molecular formula is C18H12F2N4O. The van der Waals surface area contributed by atoms with E-state index in [1.807, 2.05) is 0 Å². The molecule has 25 heavy (non-hydrogen) atoms. The van der Waals surface area contributed by atoms with Gasteiger partial charge in [0, 0.05) is 11.1 Å². The lowest BCUT2D eigenvalue weighted by Gasteiger charge is -2.06. The van der Waals surface area contributed by atoms with Gasteiger partial charge in [-0.2, -0.15) is 0 Å². The number of aromatic amines is 1. The molecule has 0 spiro atoms. The molecule has 0 unspecified atom stereocenters. The second-order valence-corrected chi connectivity index (χ2v) is 5.56. The molecule has 0 saturated carbocycles. The summed E-state index contributed by atoms with van der Waals surface area (Å²) in [6.07, 6.45) is 1.45. The van der Waals surface area contributed by atoms with Crippen LogP contribution in [0, 0.1) is 11.6 Å². The van der Waals surface area contributed by atoms with Crippen LogP contribution in [0.3, 0.4) is 0 Å². The molecular weight excluding hydrogens is 326 g/mol. The van der Waals surface area contributed by atoms with E-state index in [2.05, 4.69) is 15.0 Å². The number of imidazole rings is 1. The lowest BCUT2D eigenvalue weighted by atomic mass is 10.2. The molecule has 2 aromatic heterocycles. The quantitative estimate of drug-likeness (QED) is 0.624. The maximum Gasteiger partial charge on any atom is 0.277 e. The minimum atomic E-state index is -0.391. The van der Waals surface area contributed by atoms with Crippen LogP contribution in [0.2, 0.25) is 0 Å². The van der Waals surface area contributed by atoms with Crippen LogP contribution in [0.5, 0.6) is 0 Å². The summed E-state index contributed by atoms with van der Waals surface area (Å²) in [5.41, 5.74) is 1.14. The molecule has 124 valence electrons. The summed E-state index contributed by atoms with van der Waals surface area (Å²) in [5.74, 6) is -0.424. The third-order valence-corrected chi connectivity index (χ3v) is 3.90. The van der Waals surface area contributed by atoms with Gasteiger partial charge in [0.2, 0.25) is 0 Å². The van der Waals surface area contributed by atoms with E-state index >= 15 is 0 Å². The molecule has 0 amide bonds. The average molecular weight is 338 g/mol. The molecule has 0 aliphatic heterocycles. The molecule has 0 bridgehead atoms. The fraction of sp³-hybridized carbons (Fsp3) is 0.0556. The van der Waals surface area contributed by atoms with Gasteiger partial charge < -0.3 is 9.55 Å². The Bertz CT molecular complexity index is 1120. The van der Waals surface area contributed by atoms with Gasteiger partial charge in [-0.3, -0.25) is 4.79 Å². The Hall–Kier alpha value is -3.35. The van der Waals surface area contributed by atoms with E-state index in [0.717, 1.165) is 0 Å². The Morgan fingerprint density at radius 2 is 1.80 bits per heavy atom. The van der Waals surface area contributed by atoms with Gasteiger partial charge in [-0.05, 0) is 30.3 Å². The largest absolute Gasteiger partial charge is 0.320 e. The highest BCUT2D eigenvalue weighted by molar-refractivity contribution is 5.72. The van der Waals surface area contributed by atoms with Crippen molar-refractivity contribution in [3.8, 4) is 11.4 Å². The van der Waals surface area contributed by atoms with Gasteiger partial charge in [0.15, 0.2) is 11.2 Å². The number of nitrogens with one attached hydrogen (secondary N) is 1. The summed E-state index contributed by atoms with van der Waals surface area (Å²) in [6.45, 7) is 0.170. The van der Waals surface area contributed by atoms with E-state index in [0.29, 0.717) is 17.0 Å². The molecule has 4 aromatic rings. The van der Waals surface area contributed by atoms with Crippen molar-refractivity contribution in [2.75, 3.05) is 0 Å². The summed E-state index contributed by atoms with van der Waals surface area (Å²) >= 11 is 0. The van der Waals surface area contributed by atoms with Crippen molar-refractivity contribution in [3.05, 3.63) is 82.4 Å². The fourth-order valence-electron chi connectivity index (χ4n) is 2.66. The zero-order valence-electron chi connectivity index (χ0n) is 12.9. The highest BCUT2D eigenvalue weighted by atomic mass is 19.1. The molecule has 2 heterocycles. The van der Waals surface area contributed by atoms with Crippen molar-refractivity contribution in [2.45, 2.75) is 6.54 Å². The van der Waals surface area contributed by atoms with Crippen LogP contribution in [-0.2, 0) is 6.54 Å². The average Bonchev–Trinajstić information content (AvgIpc) is 3.01. The molecule has 1 N–H and O–H groups in total. The Morgan fingerprint density at radius 3 is 2.56 bits per heavy atom. The zero-order valence-corrected chi connectivity index (χ0v) is 12.9. The standard InChI is InChI=1S/C18H12F2N4O/c19-13-7-5-11(6-8-13)16-22-17-15(18(25)23-16)24(10-21-17)9-12-3-1-2-4-14(12)20/h1-8,10H,9H2,(H,22,23,25).